The molecule has 5 nitrogen and oxygen atoms in total. The second-order valence-electron chi connectivity index (χ2n) is 5.79. The van der Waals surface area contributed by atoms with Gasteiger partial charge in [0.05, 0.1) is 6.04 Å². The summed E-state index contributed by atoms with van der Waals surface area (Å²) in [7, 11) is 0. The van der Waals surface area contributed by atoms with Gasteiger partial charge >= 0.3 is 0 Å². The van der Waals surface area contributed by atoms with E-state index in [4.69, 9.17) is 10.8 Å². The van der Waals surface area contributed by atoms with E-state index in [-0.39, 0.29) is 0 Å². The van der Waals surface area contributed by atoms with Gasteiger partial charge in [-0.15, -0.1) is 0 Å². The van der Waals surface area contributed by atoms with Crippen molar-refractivity contribution >= 4 is 5.96 Å². The summed E-state index contributed by atoms with van der Waals surface area (Å²) in [6.07, 6.45) is 8.85. The fourth-order valence-electron chi connectivity index (χ4n) is 3.16. The number of nitrogens with two attached hydrogens (primary N) is 1. The van der Waals surface area contributed by atoms with Gasteiger partial charge in [0.25, 0.3) is 0 Å². The van der Waals surface area contributed by atoms with Gasteiger partial charge in [-0.2, -0.15) is 0 Å². The molecule has 1 heterocycles. The molecule has 0 aromatic carbocycles. The van der Waals surface area contributed by atoms with Crippen LogP contribution in [0.15, 0.2) is 4.99 Å². The third-order valence-electron chi connectivity index (χ3n) is 4.32. The summed E-state index contributed by atoms with van der Waals surface area (Å²) in [6.45, 7) is 5.67. The Labute approximate surface area is 117 Å². The first-order chi connectivity index (χ1) is 9.31. The van der Waals surface area contributed by atoms with Crippen LogP contribution >= 0.6 is 0 Å². The lowest BCUT2D eigenvalue weighted by atomic mass is 9.96. The first kappa shape index (κ1) is 14.6. The molecule has 2 fully saturated rings. The van der Waals surface area contributed by atoms with Crippen molar-refractivity contribution in [3.63, 3.8) is 0 Å². The molecule has 0 aromatic rings. The molecule has 110 valence electrons. The van der Waals surface area contributed by atoms with Gasteiger partial charge in [0.2, 0.25) is 5.96 Å². The molecule has 5 heteroatoms. The fraction of sp³-hybridized carbons (Fsp3) is 0.929. The molecule has 0 radical (unpaired) electrons. The highest BCUT2D eigenvalue weighted by Gasteiger charge is 2.20. The first-order valence-corrected chi connectivity index (χ1v) is 7.85. The molecular formula is C14H29N5. The maximum absolute atomic E-state index is 5.62. The Kier molecular flexibility index (Phi) is 5.92. The lowest BCUT2D eigenvalue weighted by molar-refractivity contribution is 0.209. The van der Waals surface area contributed by atoms with Crippen LogP contribution in [-0.2, 0) is 0 Å². The van der Waals surface area contributed by atoms with Gasteiger partial charge in [-0.3, -0.25) is 5.43 Å². The van der Waals surface area contributed by atoms with Crippen molar-refractivity contribution in [2.75, 3.05) is 19.6 Å². The average molecular weight is 267 g/mol. The third-order valence-corrected chi connectivity index (χ3v) is 4.32. The van der Waals surface area contributed by atoms with Gasteiger partial charge in [0, 0.05) is 12.6 Å². The molecule has 0 spiro atoms. The Morgan fingerprint density at radius 1 is 1.21 bits per heavy atom. The van der Waals surface area contributed by atoms with Crippen molar-refractivity contribution in [1.29, 1.82) is 0 Å². The normalized spacial score (nSPS) is 27.3. The minimum Gasteiger partial charge on any atom is -0.351 e. The van der Waals surface area contributed by atoms with E-state index in [1.807, 2.05) is 0 Å². The van der Waals surface area contributed by atoms with Crippen molar-refractivity contribution in [2.24, 2.45) is 10.8 Å². The summed E-state index contributed by atoms with van der Waals surface area (Å²) in [6, 6.07) is 0.935. The summed E-state index contributed by atoms with van der Waals surface area (Å²) >= 11 is 0. The van der Waals surface area contributed by atoms with Crippen molar-refractivity contribution < 1.29 is 0 Å². The van der Waals surface area contributed by atoms with E-state index in [9.17, 15) is 0 Å². The standard InChI is InChI=1S/C14H29N5/c1-2-19-10-6-9-13(11-19)17-14(18-15)16-12-7-4-3-5-8-12/h12-13H,2-11,15H2,1H3,(H2,16,17,18). The number of nitrogens with zero attached hydrogens (tertiary/aromatic N) is 2. The Morgan fingerprint density at radius 2 is 2.00 bits per heavy atom. The van der Waals surface area contributed by atoms with Crippen LogP contribution in [0.25, 0.3) is 0 Å². The number of likely N-dealkylation sites (tertiary alicyclic amines) is 1. The molecule has 1 saturated heterocycles. The van der Waals surface area contributed by atoms with Crippen LogP contribution in [-0.4, -0.2) is 42.6 Å². The average Bonchev–Trinajstić information content (AvgIpc) is 2.48. The van der Waals surface area contributed by atoms with Gasteiger partial charge in [-0.05, 0) is 38.8 Å². The SMILES string of the molecule is CCN1CCCC(NC(=NC2CCCCC2)NN)C1. The van der Waals surface area contributed by atoms with Gasteiger partial charge in [-0.25, -0.2) is 10.8 Å². The highest BCUT2D eigenvalue weighted by Crippen LogP contribution is 2.20. The minimum absolute atomic E-state index is 0.457. The van der Waals surface area contributed by atoms with Crippen LogP contribution in [0.3, 0.4) is 0 Å². The molecule has 1 atom stereocenters. The number of piperidine rings is 1. The van der Waals surface area contributed by atoms with E-state index in [1.165, 1.54) is 51.5 Å². The molecule has 1 aliphatic carbocycles. The smallest absolute Gasteiger partial charge is 0.206 e. The topological polar surface area (TPSA) is 65.7 Å². The zero-order valence-corrected chi connectivity index (χ0v) is 12.2. The number of nitrogens with one attached hydrogen (secondary N) is 2. The molecule has 4 N–H and O–H groups in total. The van der Waals surface area contributed by atoms with Crippen LogP contribution in [0, 0.1) is 0 Å². The predicted molar refractivity (Wildman–Crippen MR) is 79.9 cm³/mol. The van der Waals surface area contributed by atoms with Crippen LogP contribution in [0.1, 0.15) is 51.9 Å². The molecule has 1 unspecified atom stereocenters. The van der Waals surface area contributed by atoms with E-state index in [1.54, 1.807) is 0 Å². The number of hydrazine groups is 1. The van der Waals surface area contributed by atoms with Crippen molar-refractivity contribution in [1.82, 2.24) is 15.6 Å². The van der Waals surface area contributed by atoms with E-state index in [2.05, 4.69) is 22.6 Å². The zero-order chi connectivity index (χ0) is 13.5. The quantitative estimate of drug-likeness (QED) is 0.311. The molecule has 2 rings (SSSR count). The summed E-state index contributed by atoms with van der Waals surface area (Å²) in [5.74, 6) is 6.40. The minimum atomic E-state index is 0.457. The molecule has 19 heavy (non-hydrogen) atoms. The van der Waals surface area contributed by atoms with Crippen molar-refractivity contribution in [2.45, 2.75) is 64.0 Å². The van der Waals surface area contributed by atoms with Gasteiger partial charge in [0.15, 0.2) is 0 Å². The number of guanidine groups is 1. The molecule has 2 aliphatic rings. The summed E-state index contributed by atoms with van der Waals surface area (Å²) < 4.78 is 0. The molecular weight excluding hydrogens is 238 g/mol. The Morgan fingerprint density at radius 3 is 2.68 bits per heavy atom. The first-order valence-electron chi connectivity index (χ1n) is 7.85. The fourth-order valence-corrected chi connectivity index (χ4v) is 3.16. The zero-order valence-electron chi connectivity index (χ0n) is 12.2. The Balaban J connectivity index is 1.85. The molecule has 1 saturated carbocycles. The van der Waals surface area contributed by atoms with Gasteiger partial charge < -0.3 is 10.2 Å². The Hall–Kier alpha value is -0.810. The molecule has 1 aliphatic heterocycles. The van der Waals surface area contributed by atoms with Crippen LogP contribution in [0.4, 0.5) is 0 Å². The van der Waals surface area contributed by atoms with Crippen LogP contribution in [0.5, 0.6) is 0 Å². The number of hydrogen-bond acceptors (Lipinski definition) is 3. The van der Waals surface area contributed by atoms with Gasteiger partial charge in [0.1, 0.15) is 0 Å². The second kappa shape index (κ2) is 7.70. The van der Waals surface area contributed by atoms with E-state index in [0.717, 1.165) is 19.0 Å². The van der Waals surface area contributed by atoms with E-state index < -0.39 is 0 Å². The number of hydrogen-bond donors (Lipinski definition) is 3. The maximum atomic E-state index is 5.62. The monoisotopic (exact) mass is 267 g/mol. The van der Waals surface area contributed by atoms with Crippen molar-refractivity contribution in [3.8, 4) is 0 Å². The highest BCUT2D eigenvalue weighted by atomic mass is 15.3. The third kappa shape index (κ3) is 4.66. The van der Waals surface area contributed by atoms with E-state index in [0.29, 0.717) is 12.1 Å². The Bertz CT molecular complexity index is 286. The van der Waals surface area contributed by atoms with Gasteiger partial charge in [-0.1, -0.05) is 26.2 Å². The lowest BCUT2D eigenvalue weighted by Gasteiger charge is -2.33. The molecule has 0 bridgehead atoms. The van der Waals surface area contributed by atoms with E-state index >= 15 is 0 Å². The predicted octanol–water partition coefficient (Wildman–Crippen LogP) is 1.21. The number of likely N-dealkylation sites (N-methyl/N-ethyl adjacent to an activating group) is 1. The summed E-state index contributed by atoms with van der Waals surface area (Å²) in [5, 5.41) is 3.49. The summed E-state index contributed by atoms with van der Waals surface area (Å²) in [5.41, 5.74) is 2.75. The maximum Gasteiger partial charge on any atom is 0.206 e. The van der Waals surface area contributed by atoms with Crippen LogP contribution in [0.2, 0.25) is 0 Å². The number of rotatable bonds is 3. The molecule has 0 aromatic heterocycles. The second-order valence-corrected chi connectivity index (χ2v) is 5.79. The molecule has 0 amide bonds. The van der Waals surface area contributed by atoms with Crippen LogP contribution < -0.4 is 16.6 Å². The lowest BCUT2D eigenvalue weighted by Crippen LogP contribution is -2.52. The largest absolute Gasteiger partial charge is 0.351 e. The highest BCUT2D eigenvalue weighted by molar-refractivity contribution is 5.79. The number of aliphatic imine (C=N–C) groups is 1. The summed E-state index contributed by atoms with van der Waals surface area (Å²) in [4.78, 5) is 7.23. The van der Waals surface area contributed by atoms with Crippen molar-refractivity contribution in [3.05, 3.63) is 0 Å².